The monoisotopic (exact) mass is 582 g/mol. The van der Waals surface area contributed by atoms with Crippen LogP contribution in [0, 0.1) is 0 Å². The second kappa shape index (κ2) is 9.88. The molecule has 4 aromatic rings. The van der Waals surface area contributed by atoms with Gasteiger partial charge in [0.15, 0.2) is 22.0 Å². The number of para-hydroxylation sites is 1. The number of carbonyl (C=O) groups is 1. The Labute approximate surface area is 238 Å². The maximum absolute atomic E-state index is 11.5. The highest BCUT2D eigenvalue weighted by Gasteiger charge is 2.42. The van der Waals surface area contributed by atoms with Crippen molar-refractivity contribution in [1.29, 1.82) is 0 Å². The van der Waals surface area contributed by atoms with Crippen LogP contribution in [-0.2, 0) is 23.6 Å². The number of pyridine rings is 1. The Bertz CT molecular complexity index is 1580. The number of hydrogen-bond donors (Lipinski definition) is 1. The fourth-order valence-corrected chi connectivity index (χ4v) is 6.26. The summed E-state index contributed by atoms with van der Waals surface area (Å²) >= 11 is 7.14. The first kappa shape index (κ1) is 25.5. The van der Waals surface area contributed by atoms with Crippen LogP contribution < -0.4 is 14.4 Å². The molecule has 0 radical (unpaired) electrons. The number of imidazole rings is 1. The Morgan fingerprint density at radius 3 is 2.70 bits per heavy atom. The topological polar surface area (TPSA) is 115 Å². The summed E-state index contributed by atoms with van der Waals surface area (Å²) in [4.78, 5) is 30.4. The number of piperazine rings is 1. The summed E-state index contributed by atoms with van der Waals surface area (Å²) in [6.45, 7) is 7.16. The lowest BCUT2D eigenvalue weighted by Gasteiger charge is -2.36. The predicted molar refractivity (Wildman–Crippen MR) is 149 cm³/mol. The molecular formula is C27H27ClN6O5S. The van der Waals surface area contributed by atoms with E-state index in [0.29, 0.717) is 45.8 Å². The van der Waals surface area contributed by atoms with E-state index in [9.17, 15) is 9.90 Å². The standard InChI is InChI=1S/C27H27ClN6O5S/c1-27(20-6-5-16(28)13-29-20)38-19-4-2-3-18(22(19)39-27)33-10-8-32(9-11-33)15-21-30-24-23(31-25(40-24)26(35)36)34(21)14-17-7-12-37-17/h2-6,13,17H,7-12,14-15H2,1H3,(H,35,36). The van der Waals surface area contributed by atoms with Crippen LogP contribution in [0.2, 0.25) is 5.02 Å². The summed E-state index contributed by atoms with van der Waals surface area (Å²) in [5, 5.41) is 10.0. The van der Waals surface area contributed by atoms with Crippen LogP contribution in [0.25, 0.3) is 10.5 Å². The quantitative estimate of drug-likeness (QED) is 0.343. The molecule has 3 aliphatic rings. The number of ether oxygens (including phenoxy) is 3. The van der Waals surface area contributed by atoms with E-state index in [4.69, 9.17) is 30.8 Å². The van der Waals surface area contributed by atoms with Gasteiger partial charge in [0.25, 0.3) is 5.79 Å². The molecule has 11 nitrogen and oxygen atoms in total. The minimum atomic E-state index is -1.03. The molecule has 3 aromatic heterocycles. The summed E-state index contributed by atoms with van der Waals surface area (Å²) < 4.78 is 20.3. The Hall–Kier alpha value is -3.45. The van der Waals surface area contributed by atoms with Crippen LogP contribution in [0.4, 0.5) is 5.69 Å². The third kappa shape index (κ3) is 4.54. The van der Waals surface area contributed by atoms with E-state index in [1.807, 2.05) is 29.7 Å². The number of aromatic nitrogens is 4. The molecule has 6 heterocycles. The Balaban J connectivity index is 1.06. The van der Waals surface area contributed by atoms with Gasteiger partial charge in [0.1, 0.15) is 11.5 Å². The average Bonchev–Trinajstić information content (AvgIpc) is 3.58. The third-order valence-electron chi connectivity index (χ3n) is 7.58. The van der Waals surface area contributed by atoms with Crippen LogP contribution in [0.3, 0.4) is 0 Å². The Kier molecular flexibility index (Phi) is 6.30. The van der Waals surface area contributed by atoms with Gasteiger partial charge in [-0.25, -0.2) is 14.8 Å². The minimum absolute atomic E-state index is 0.0606. The van der Waals surface area contributed by atoms with E-state index in [-0.39, 0.29) is 11.1 Å². The number of benzene rings is 1. The number of fused-ring (bicyclic) bond motifs is 2. The van der Waals surface area contributed by atoms with Gasteiger partial charge in [0.05, 0.1) is 29.9 Å². The number of nitrogens with zero attached hydrogens (tertiary/aromatic N) is 6. The van der Waals surface area contributed by atoms with Crippen LogP contribution in [0.1, 0.15) is 34.7 Å². The molecule has 1 N–H and O–H groups in total. The van der Waals surface area contributed by atoms with E-state index in [1.54, 1.807) is 12.3 Å². The lowest BCUT2D eigenvalue weighted by molar-refractivity contribution is -0.0716. The number of carboxylic acid groups (broad SMARTS) is 1. The van der Waals surface area contributed by atoms with Crippen molar-refractivity contribution in [1.82, 2.24) is 24.4 Å². The average molecular weight is 583 g/mol. The van der Waals surface area contributed by atoms with Crippen molar-refractivity contribution in [3.63, 3.8) is 0 Å². The zero-order valence-electron chi connectivity index (χ0n) is 21.7. The minimum Gasteiger partial charge on any atom is -0.476 e. The summed E-state index contributed by atoms with van der Waals surface area (Å²) in [7, 11) is 0. The van der Waals surface area contributed by atoms with Gasteiger partial charge in [0.2, 0.25) is 5.01 Å². The fraction of sp³-hybridized carbons (Fsp3) is 0.407. The molecule has 2 unspecified atom stereocenters. The zero-order valence-corrected chi connectivity index (χ0v) is 23.3. The van der Waals surface area contributed by atoms with E-state index in [1.165, 1.54) is 0 Å². The molecule has 1 aromatic carbocycles. The molecule has 40 heavy (non-hydrogen) atoms. The lowest BCUT2D eigenvalue weighted by atomic mass is 10.2. The van der Waals surface area contributed by atoms with Gasteiger partial charge in [-0.2, -0.15) is 0 Å². The summed E-state index contributed by atoms with van der Waals surface area (Å²) in [6, 6.07) is 9.55. The number of anilines is 1. The number of hydrogen-bond acceptors (Lipinski definition) is 10. The van der Waals surface area contributed by atoms with Gasteiger partial charge in [0, 0.05) is 45.9 Å². The molecule has 2 saturated heterocycles. The Morgan fingerprint density at radius 1 is 1.18 bits per heavy atom. The molecule has 2 fully saturated rings. The van der Waals surface area contributed by atoms with Gasteiger partial charge >= 0.3 is 5.97 Å². The van der Waals surface area contributed by atoms with Crippen molar-refractivity contribution in [2.75, 3.05) is 37.7 Å². The zero-order chi connectivity index (χ0) is 27.4. The molecule has 0 saturated carbocycles. The smallest absolute Gasteiger partial charge is 0.365 e. The van der Waals surface area contributed by atoms with E-state index in [2.05, 4.69) is 25.8 Å². The molecular weight excluding hydrogens is 556 g/mol. The van der Waals surface area contributed by atoms with Crippen molar-refractivity contribution in [2.45, 2.75) is 38.3 Å². The van der Waals surface area contributed by atoms with Crippen LogP contribution in [0.5, 0.6) is 11.5 Å². The normalized spacial score (nSPS) is 22.6. The first-order valence-corrected chi connectivity index (χ1v) is 14.4. The van der Waals surface area contributed by atoms with Gasteiger partial charge in [-0.15, -0.1) is 0 Å². The number of halogens is 1. The number of thiazole rings is 1. The van der Waals surface area contributed by atoms with Crippen LogP contribution in [-0.4, -0.2) is 74.4 Å². The Morgan fingerprint density at radius 2 is 2.00 bits per heavy atom. The van der Waals surface area contributed by atoms with Crippen LogP contribution in [0.15, 0.2) is 36.5 Å². The highest BCUT2D eigenvalue weighted by atomic mass is 35.5. The van der Waals surface area contributed by atoms with Crippen molar-refractivity contribution in [3.8, 4) is 11.5 Å². The molecule has 0 spiro atoms. The van der Waals surface area contributed by atoms with Gasteiger partial charge in [-0.1, -0.05) is 29.0 Å². The highest BCUT2D eigenvalue weighted by molar-refractivity contribution is 7.19. The lowest BCUT2D eigenvalue weighted by Crippen LogP contribution is -2.46. The van der Waals surface area contributed by atoms with E-state index >= 15 is 0 Å². The van der Waals surface area contributed by atoms with E-state index in [0.717, 1.165) is 62.1 Å². The molecule has 3 aliphatic heterocycles. The van der Waals surface area contributed by atoms with E-state index < -0.39 is 11.8 Å². The first-order valence-electron chi connectivity index (χ1n) is 13.2. The van der Waals surface area contributed by atoms with Crippen molar-refractivity contribution >= 4 is 45.1 Å². The van der Waals surface area contributed by atoms with Crippen molar-refractivity contribution in [3.05, 3.63) is 58.1 Å². The highest BCUT2D eigenvalue weighted by Crippen LogP contribution is 2.49. The number of rotatable bonds is 7. The fourth-order valence-electron chi connectivity index (χ4n) is 5.35. The number of carboxylic acids is 1. The van der Waals surface area contributed by atoms with Gasteiger partial charge in [-0.05, 0) is 30.7 Å². The van der Waals surface area contributed by atoms with Crippen molar-refractivity contribution < 1.29 is 24.1 Å². The largest absolute Gasteiger partial charge is 0.476 e. The maximum Gasteiger partial charge on any atom is 0.365 e. The molecule has 13 heteroatoms. The second-order valence-corrected chi connectivity index (χ2v) is 11.7. The molecule has 208 valence electrons. The first-order chi connectivity index (χ1) is 19.4. The maximum atomic E-state index is 11.5. The molecule has 0 bridgehead atoms. The molecule has 0 aliphatic carbocycles. The molecule has 0 amide bonds. The second-order valence-electron chi connectivity index (χ2n) is 10.3. The predicted octanol–water partition coefficient (Wildman–Crippen LogP) is 3.99. The number of aromatic carboxylic acids is 1. The SMILES string of the molecule is CC1(c2ccc(Cl)cn2)Oc2cccc(N3CCN(Cc4nc5sc(C(=O)O)nc5n4CC4CCO4)CC3)c2O1. The van der Waals surface area contributed by atoms with Crippen molar-refractivity contribution in [2.24, 2.45) is 0 Å². The van der Waals surface area contributed by atoms with Gasteiger partial charge < -0.3 is 28.8 Å². The molecule has 2 atom stereocenters. The summed E-state index contributed by atoms with van der Waals surface area (Å²) in [6.07, 6.45) is 2.68. The molecule has 7 rings (SSSR count). The summed E-state index contributed by atoms with van der Waals surface area (Å²) in [5.41, 5.74) is 2.27. The van der Waals surface area contributed by atoms with Gasteiger partial charge in [-0.3, -0.25) is 9.88 Å². The third-order valence-corrected chi connectivity index (χ3v) is 8.73. The summed E-state index contributed by atoms with van der Waals surface area (Å²) in [5.74, 6) is 0.226. The van der Waals surface area contributed by atoms with Crippen LogP contribution >= 0.6 is 22.9 Å².